The number of carbonyl (C=O) groups is 2. The van der Waals surface area contributed by atoms with Gasteiger partial charge in [-0.15, -0.1) is 0 Å². The lowest BCUT2D eigenvalue weighted by Gasteiger charge is -2.26. The molecule has 5 heteroatoms. The maximum atomic E-state index is 12.4. The normalized spacial score (nSPS) is 14.3. The lowest BCUT2D eigenvalue weighted by Crippen LogP contribution is -2.42. The van der Waals surface area contributed by atoms with Crippen LogP contribution in [0.15, 0.2) is 48.5 Å². The third-order valence-electron chi connectivity index (χ3n) is 4.70. The molecule has 0 bridgehead atoms. The van der Waals surface area contributed by atoms with Crippen molar-refractivity contribution in [2.45, 2.75) is 13.8 Å². The molecule has 3 rings (SSSR count). The van der Waals surface area contributed by atoms with Gasteiger partial charge in [0.1, 0.15) is 5.75 Å². The third-order valence-corrected chi connectivity index (χ3v) is 4.70. The summed E-state index contributed by atoms with van der Waals surface area (Å²) in [7, 11) is 0. The molecular formula is C23H25NO4. The van der Waals surface area contributed by atoms with Crippen LogP contribution in [0, 0.1) is 13.8 Å². The van der Waals surface area contributed by atoms with E-state index < -0.39 is 0 Å². The van der Waals surface area contributed by atoms with Gasteiger partial charge in [0.25, 0.3) is 5.91 Å². The number of hydrogen-bond donors (Lipinski definition) is 0. The van der Waals surface area contributed by atoms with Crippen molar-refractivity contribution in [3.05, 3.63) is 70.8 Å². The Bertz CT molecular complexity index is 865. The first-order chi connectivity index (χ1) is 13.5. The molecule has 1 heterocycles. The molecule has 0 atom stereocenters. The van der Waals surface area contributed by atoms with Crippen molar-refractivity contribution in [2.24, 2.45) is 0 Å². The lowest BCUT2D eigenvalue weighted by atomic mass is 10.0. The summed E-state index contributed by atoms with van der Waals surface area (Å²) in [6.07, 6.45) is 3.41. The molecule has 2 aromatic rings. The zero-order valence-corrected chi connectivity index (χ0v) is 16.3. The summed E-state index contributed by atoms with van der Waals surface area (Å²) >= 11 is 0. The van der Waals surface area contributed by atoms with Gasteiger partial charge in [-0.05, 0) is 55.3 Å². The molecule has 0 saturated carbocycles. The van der Waals surface area contributed by atoms with Gasteiger partial charge in [0.05, 0.1) is 13.2 Å². The average Bonchev–Trinajstić information content (AvgIpc) is 2.72. The quantitative estimate of drug-likeness (QED) is 0.570. The summed E-state index contributed by atoms with van der Waals surface area (Å²) in [5.41, 5.74) is 3.94. The van der Waals surface area contributed by atoms with Gasteiger partial charge in [0.2, 0.25) is 0 Å². The fourth-order valence-corrected chi connectivity index (χ4v) is 3.04. The van der Waals surface area contributed by atoms with Gasteiger partial charge in [-0.25, -0.2) is 0 Å². The van der Waals surface area contributed by atoms with E-state index in [-0.39, 0.29) is 18.3 Å². The molecule has 5 nitrogen and oxygen atoms in total. The number of ketones is 1. The molecule has 0 N–H and O–H groups in total. The van der Waals surface area contributed by atoms with Crippen LogP contribution in [0.4, 0.5) is 0 Å². The van der Waals surface area contributed by atoms with Gasteiger partial charge in [-0.3, -0.25) is 9.59 Å². The number of aryl methyl sites for hydroxylation is 2. The van der Waals surface area contributed by atoms with E-state index in [9.17, 15) is 9.59 Å². The van der Waals surface area contributed by atoms with E-state index in [1.807, 2.05) is 32.1 Å². The Morgan fingerprint density at radius 3 is 2.46 bits per heavy atom. The fraction of sp³-hybridized carbons (Fsp3) is 0.304. The van der Waals surface area contributed by atoms with Crippen LogP contribution in [0.1, 0.15) is 27.0 Å². The van der Waals surface area contributed by atoms with Crippen molar-refractivity contribution in [3.8, 4) is 5.75 Å². The van der Waals surface area contributed by atoms with E-state index in [2.05, 4.69) is 6.07 Å². The molecule has 1 aliphatic rings. The van der Waals surface area contributed by atoms with E-state index in [0.717, 1.165) is 11.1 Å². The summed E-state index contributed by atoms with van der Waals surface area (Å²) < 4.78 is 10.8. The van der Waals surface area contributed by atoms with Crippen molar-refractivity contribution in [2.75, 3.05) is 32.9 Å². The van der Waals surface area contributed by atoms with Gasteiger partial charge in [0.15, 0.2) is 12.4 Å². The van der Waals surface area contributed by atoms with E-state index in [1.54, 1.807) is 35.2 Å². The molecule has 0 unspecified atom stereocenters. The second kappa shape index (κ2) is 9.33. The molecule has 146 valence electrons. The Morgan fingerprint density at radius 2 is 1.79 bits per heavy atom. The van der Waals surface area contributed by atoms with Crippen LogP contribution in [-0.4, -0.2) is 49.5 Å². The number of carbonyl (C=O) groups excluding carboxylic acids is 2. The summed E-state index contributed by atoms with van der Waals surface area (Å²) in [6, 6.07) is 13.0. The first-order valence-corrected chi connectivity index (χ1v) is 9.41. The number of rotatable bonds is 6. The zero-order valence-electron chi connectivity index (χ0n) is 16.3. The number of amides is 1. The predicted octanol–water partition coefficient (Wildman–Crippen LogP) is 3.44. The molecule has 1 aliphatic heterocycles. The Hall–Kier alpha value is -2.92. The Kier molecular flexibility index (Phi) is 6.61. The summed E-state index contributed by atoms with van der Waals surface area (Å²) in [4.78, 5) is 26.2. The molecule has 2 aromatic carbocycles. The minimum atomic E-state index is -0.0732. The minimum Gasteiger partial charge on any atom is -0.484 e. The van der Waals surface area contributed by atoms with Crippen LogP contribution >= 0.6 is 0 Å². The molecule has 0 radical (unpaired) electrons. The summed E-state index contributed by atoms with van der Waals surface area (Å²) in [5.74, 6) is 0.437. The van der Waals surface area contributed by atoms with E-state index in [1.165, 1.54) is 5.56 Å². The molecule has 0 spiro atoms. The number of ether oxygens (including phenoxy) is 2. The highest BCUT2D eigenvalue weighted by Crippen LogP contribution is 2.15. The van der Waals surface area contributed by atoms with E-state index >= 15 is 0 Å². The highest BCUT2D eigenvalue weighted by atomic mass is 16.5. The van der Waals surface area contributed by atoms with Crippen molar-refractivity contribution in [3.63, 3.8) is 0 Å². The van der Waals surface area contributed by atoms with Crippen LogP contribution in [0.3, 0.4) is 0 Å². The maximum Gasteiger partial charge on any atom is 0.260 e. The van der Waals surface area contributed by atoms with Crippen LogP contribution in [0.25, 0.3) is 6.08 Å². The Labute approximate surface area is 165 Å². The number of allylic oxidation sites excluding steroid dienone is 1. The van der Waals surface area contributed by atoms with Crippen molar-refractivity contribution in [1.82, 2.24) is 4.90 Å². The highest BCUT2D eigenvalue weighted by molar-refractivity contribution is 6.06. The molecule has 0 aliphatic carbocycles. The summed E-state index contributed by atoms with van der Waals surface area (Å²) in [5, 5.41) is 0. The first kappa shape index (κ1) is 19.8. The SMILES string of the molecule is Cc1ccc(/C=C/C(=O)c2ccc(OCC(=O)N3CCOCC3)cc2)c(C)c1. The monoisotopic (exact) mass is 379 g/mol. The summed E-state index contributed by atoms with van der Waals surface area (Å²) in [6.45, 7) is 6.40. The van der Waals surface area contributed by atoms with Gasteiger partial charge in [-0.2, -0.15) is 0 Å². The minimum absolute atomic E-state index is 0.0140. The van der Waals surface area contributed by atoms with Crippen LogP contribution in [0.5, 0.6) is 5.75 Å². The maximum absolute atomic E-state index is 12.4. The van der Waals surface area contributed by atoms with Crippen LogP contribution < -0.4 is 4.74 Å². The van der Waals surface area contributed by atoms with Crippen molar-refractivity contribution < 1.29 is 19.1 Å². The van der Waals surface area contributed by atoms with Crippen molar-refractivity contribution >= 4 is 17.8 Å². The Balaban J connectivity index is 1.55. The number of morpholine rings is 1. The molecular weight excluding hydrogens is 354 g/mol. The molecule has 1 fully saturated rings. The smallest absolute Gasteiger partial charge is 0.260 e. The van der Waals surface area contributed by atoms with Gasteiger partial charge in [-0.1, -0.05) is 29.8 Å². The van der Waals surface area contributed by atoms with Gasteiger partial charge >= 0.3 is 0 Å². The van der Waals surface area contributed by atoms with Crippen LogP contribution in [0.2, 0.25) is 0 Å². The largest absolute Gasteiger partial charge is 0.484 e. The fourth-order valence-electron chi connectivity index (χ4n) is 3.04. The Morgan fingerprint density at radius 1 is 1.07 bits per heavy atom. The van der Waals surface area contributed by atoms with E-state index in [4.69, 9.17) is 9.47 Å². The van der Waals surface area contributed by atoms with Gasteiger partial charge in [0, 0.05) is 18.7 Å². The highest BCUT2D eigenvalue weighted by Gasteiger charge is 2.17. The standard InChI is InChI=1S/C23H25NO4/c1-17-3-4-19(18(2)15-17)7-10-22(25)20-5-8-21(9-6-20)28-16-23(26)24-11-13-27-14-12-24/h3-10,15H,11-14,16H2,1-2H3/b10-7+. The number of benzene rings is 2. The topological polar surface area (TPSA) is 55.8 Å². The number of nitrogens with zero attached hydrogens (tertiary/aromatic N) is 1. The third kappa shape index (κ3) is 5.30. The second-order valence-corrected chi connectivity index (χ2v) is 6.86. The second-order valence-electron chi connectivity index (χ2n) is 6.86. The van der Waals surface area contributed by atoms with Crippen molar-refractivity contribution in [1.29, 1.82) is 0 Å². The van der Waals surface area contributed by atoms with Crippen LogP contribution in [-0.2, 0) is 9.53 Å². The van der Waals surface area contributed by atoms with Gasteiger partial charge < -0.3 is 14.4 Å². The molecule has 28 heavy (non-hydrogen) atoms. The number of hydrogen-bond acceptors (Lipinski definition) is 4. The lowest BCUT2D eigenvalue weighted by molar-refractivity contribution is -0.137. The van der Waals surface area contributed by atoms with E-state index in [0.29, 0.717) is 37.6 Å². The first-order valence-electron chi connectivity index (χ1n) is 9.41. The zero-order chi connectivity index (χ0) is 19.9. The molecule has 1 amide bonds. The predicted molar refractivity (Wildman–Crippen MR) is 109 cm³/mol. The molecule has 0 aromatic heterocycles. The average molecular weight is 379 g/mol. The molecule has 1 saturated heterocycles.